The van der Waals surface area contributed by atoms with E-state index >= 15 is 0 Å². The van der Waals surface area contributed by atoms with Gasteiger partial charge in [-0.1, -0.05) is 31.9 Å². The molecular weight excluding hydrogens is 411 g/mol. The first-order valence-corrected chi connectivity index (χ1v) is 10.7. The number of hydrogen-bond donors (Lipinski definition) is 1. The topological polar surface area (TPSA) is 70.1 Å². The number of halogens is 1. The normalized spacial score (nSPS) is 17.7. The van der Waals surface area contributed by atoms with Gasteiger partial charge in [0, 0.05) is 26.3 Å². The molecule has 1 heterocycles. The van der Waals surface area contributed by atoms with Gasteiger partial charge in [0.05, 0.1) is 24.3 Å². The van der Waals surface area contributed by atoms with Crippen molar-refractivity contribution in [2.45, 2.75) is 32.2 Å². The standard InChI is InChI=1S/C25H29FN2O4/c1-5-6-7-14-28-22(16-8-11-18(12-9-16)27(2)3)21(24(30)25(28)31)23(29)19-15-17(26)10-13-20(19)32-4/h8-13,15,22,29H,5-7,14H2,1-4H3/b23-21+. The average molecular weight is 441 g/mol. The minimum absolute atomic E-state index is 0.0361. The Kier molecular flexibility index (Phi) is 7.18. The molecule has 1 fully saturated rings. The molecule has 2 aromatic rings. The second-order valence-corrected chi connectivity index (χ2v) is 8.03. The van der Waals surface area contributed by atoms with Crippen molar-refractivity contribution in [2.24, 2.45) is 0 Å². The second-order valence-electron chi connectivity index (χ2n) is 8.03. The number of aliphatic hydroxyl groups is 1. The smallest absolute Gasteiger partial charge is 0.295 e. The lowest BCUT2D eigenvalue weighted by Gasteiger charge is -2.26. The van der Waals surface area contributed by atoms with E-state index in [1.165, 1.54) is 24.1 Å². The number of Topliss-reactive ketones (excluding diaryl/α,β-unsaturated/α-hetero) is 1. The summed E-state index contributed by atoms with van der Waals surface area (Å²) < 4.78 is 19.2. The number of rotatable bonds is 8. The molecule has 6 nitrogen and oxygen atoms in total. The molecule has 0 saturated carbocycles. The summed E-state index contributed by atoms with van der Waals surface area (Å²) in [6, 6.07) is 10.4. The van der Waals surface area contributed by atoms with Gasteiger partial charge in [-0.3, -0.25) is 9.59 Å². The van der Waals surface area contributed by atoms with Gasteiger partial charge in [0.1, 0.15) is 17.3 Å². The quantitative estimate of drug-likeness (QED) is 0.283. The molecule has 0 bridgehead atoms. The number of likely N-dealkylation sites (tertiary alicyclic amines) is 1. The monoisotopic (exact) mass is 440 g/mol. The second kappa shape index (κ2) is 9.85. The number of ether oxygens (including phenoxy) is 1. The zero-order valence-corrected chi connectivity index (χ0v) is 18.9. The summed E-state index contributed by atoms with van der Waals surface area (Å²) in [7, 11) is 5.23. The summed E-state index contributed by atoms with van der Waals surface area (Å²) in [5.41, 5.74) is 1.63. The summed E-state index contributed by atoms with van der Waals surface area (Å²) in [5, 5.41) is 11.1. The number of nitrogens with zero attached hydrogens (tertiary/aromatic N) is 2. The molecule has 1 amide bonds. The number of unbranched alkanes of at least 4 members (excludes halogenated alkanes) is 2. The summed E-state index contributed by atoms with van der Waals surface area (Å²) in [4.78, 5) is 29.4. The van der Waals surface area contributed by atoms with Gasteiger partial charge in [0.15, 0.2) is 0 Å². The van der Waals surface area contributed by atoms with E-state index in [1.807, 2.05) is 43.3 Å². The predicted octanol–water partition coefficient (Wildman–Crippen LogP) is 4.51. The number of amides is 1. The van der Waals surface area contributed by atoms with Gasteiger partial charge in [-0.2, -0.15) is 0 Å². The zero-order valence-electron chi connectivity index (χ0n) is 18.9. The van der Waals surface area contributed by atoms with Crippen LogP contribution in [0.1, 0.15) is 43.4 Å². The summed E-state index contributed by atoms with van der Waals surface area (Å²) in [6.45, 7) is 2.44. The van der Waals surface area contributed by atoms with Crippen molar-refractivity contribution >= 4 is 23.1 Å². The largest absolute Gasteiger partial charge is 0.507 e. The molecule has 7 heteroatoms. The number of methoxy groups -OCH3 is 1. The Bertz CT molecular complexity index is 1030. The fourth-order valence-corrected chi connectivity index (χ4v) is 3.95. The van der Waals surface area contributed by atoms with E-state index in [1.54, 1.807) is 0 Å². The third-order valence-electron chi connectivity index (χ3n) is 5.68. The van der Waals surface area contributed by atoms with Crippen molar-refractivity contribution in [3.8, 4) is 5.75 Å². The van der Waals surface area contributed by atoms with E-state index in [-0.39, 0.29) is 16.9 Å². The third kappa shape index (κ3) is 4.47. The maximum Gasteiger partial charge on any atom is 0.295 e. The summed E-state index contributed by atoms with van der Waals surface area (Å²) in [5.74, 6) is -2.27. The molecule has 0 radical (unpaired) electrons. The minimum atomic E-state index is -0.785. The lowest BCUT2D eigenvalue weighted by atomic mass is 9.94. The fraction of sp³-hybridized carbons (Fsp3) is 0.360. The van der Waals surface area contributed by atoms with Crippen LogP contribution in [0.3, 0.4) is 0 Å². The Hall–Kier alpha value is -3.35. The van der Waals surface area contributed by atoms with Crippen LogP contribution in [-0.4, -0.2) is 49.4 Å². The SMILES string of the molecule is CCCCCN1C(=O)C(=O)/C(=C(/O)c2cc(F)ccc2OC)C1c1ccc(N(C)C)cc1. The van der Waals surface area contributed by atoms with Crippen LogP contribution in [-0.2, 0) is 9.59 Å². The van der Waals surface area contributed by atoms with E-state index in [0.717, 1.165) is 31.0 Å². The van der Waals surface area contributed by atoms with Gasteiger partial charge < -0.3 is 19.6 Å². The molecule has 3 rings (SSSR count). The van der Waals surface area contributed by atoms with Crippen molar-refractivity contribution in [1.82, 2.24) is 4.90 Å². The molecule has 1 atom stereocenters. The first-order chi connectivity index (χ1) is 15.3. The number of hydrogen-bond acceptors (Lipinski definition) is 5. The highest BCUT2D eigenvalue weighted by Crippen LogP contribution is 2.41. The Balaban J connectivity index is 2.17. The van der Waals surface area contributed by atoms with Gasteiger partial charge >= 0.3 is 0 Å². The number of carbonyl (C=O) groups is 2. The Morgan fingerprint density at radius 1 is 1.12 bits per heavy atom. The molecule has 1 aliphatic rings. The van der Waals surface area contributed by atoms with E-state index < -0.39 is 29.3 Å². The molecule has 1 saturated heterocycles. The average Bonchev–Trinajstić information content (AvgIpc) is 3.03. The van der Waals surface area contributed by atoms with Gasteiger partial charge in [0.25, 0.3) is 11.7 Å². The van der Waals surface area contributed by atoms with Crippen LogP contribution in [0.25, 0.3) is 5.76 Å². The first kappa shape index (κ1) is 23.3. The number of benzene rings is 2. The highest BCUT2D eigenvalue weighted by molar-refractivity contribution is 6.46. The molecule has 170 valence electrons. The van der Waals surface area contributed by atoms with Crippen molar-refractivity contribution in [3.05, 3.63) is 65.0 Å². The van der Waals surface area contributed by atoms with Gasteiger partial charge in [-0.15, -0.1) is 0 Å². The van der Waals surface area contributed by atoms with Crippen molar-refractivity contribution in [2.75, 3.05) is 32.6 Å². The molecule has 1 unspecified atom stereocenters. The van der Waals surface area contributed by atoms with Crippen LogP contribution in [0, 0.1) is 5.82 Å². The van der Waals surface area contributed by atoms with Crippen molar-refractivity contribution in [3.63, 3.8) is 0 Å². The Labute approximate surface area is 187 Å². The Morgan fingerprint density at radius 2 is 1.81 bits per heavy atom. The minimum Gasteiger partial charge on any atom is -0.507 e. The van der Waals surface area contributed by atoms with Crippen LogP contribution in [0.4, 0.5) is 10.1 Å². The number of carbonyl (C=O) groups excluding carboxylic acids is 2. The Morgan fingerprint density at radius 3 is 2.41 bits per heavy atom. The first-order valence-electron chi connectivity index (χ1n) is 10.7. The summed E-state index contributed by atoms with van der Waals surface area (Å²) >= 11 is 0. The predicted molar refractivity (Wildman–Crippen MR) is 122 cm³/mol. The van der Waals surface area contributed by atoms with Crippen LogP contribution in [0.15, 0.2) is 48.0 Å². The zero-order chi connectivity index (χ0) is 23.4. The number of aliphatic hydroxyl groups excluding tert-OH is 1. The molecule has 32 heavy (non-hydrogen) atoms. The fourth-order valence-electron chi connectivity index (χ4n) is 3.95. The van der Waals surface area contributed by atoms with Gasteiger partial charge in [-0.25, -0.2) is 4.39 Å². The molecule has 0 spiro atoms. The number of anilines is 1. The molecule has 1 N–H and O–H groups in total. The van der Waals surface area contributed by atoms with Crippen LogP contribution >= 0.6 is 0 Å². The molecule has 1 aliphatic heterocycles. The number of ketones is 1. The molecule has 2 aromatic carbocycles. The lowest BCUT2D eigenvalue weighted by Crippen LogP contribution is -2.30. The lowest BCUT2D eigenvalue weighted by molar-refractivity contribution is -0.139. The summed E-state index contributed by atoms with van der Waals surface area (Å²) in [6.07, 6.45) is 2.61. The van der Waals surface area contributed by atoms with Gasteiger partial charge in [0.2, 0.25) is 0 Å². The molecular formula is C25H29FN2O4. The highest BCUT2D eigenvalue weighted by atomic mass is 19.1. The van der Waals surface area contributed by atoms with Crippen molar-refractivity contribution < 1.29 is 23.8 Å². The van der Waals surface area contributed by atoms with Gasteiger partial charge in [-0.05, 0) is 42.3 Å². The third-order valence-corrected chi connectivity index (χ3v) is 5.68. The molecule has 0 aromatic heterocycles. The van der Waals surface area contributed by atoms with E-state index in [9.17, 15) is 19.1 Å². The highest BCUT2D eigenvalue weighted by Gasteiger charge is 2.46. The van der Waals surface area contributed by atoms with Crippen molar-refractivity contribution in [1.29, 1.82) is 0 Å². The van der Waals surface area contributed by atoms with E-state index in [4.69, 9.17) is 4.74 Å². The maximum atomic E-state index is 14.0. The van der Waals surface area contributed by atoms with Crippen LogP contribution in [0.5, 0.6) is 5.75 Å². The maximum absolute atomic E-state index is 14.0. The van der Waals surface area contributed by atoms with E-state index in [0.29, 0.717) is 12.1 Å². The molecule has 0 aliphatic carbocycles. The van der Waals surface area contributed by atoms with Crippen LogP contribution < -0.4 is 9.64 Å². The van der Waals surface area contributed by atoms with Crippen LogP contribution in [0.2, 0.25) is 0 Å². The van der Waals surface area contributed by atoms with E-state index in [2.05, 4.69) is 6.92 Å².